The average molecular weight is 224 g/mol. The standard InChI is InChI=1S/C9H6ClN3O2/c1-4(9(14)15)5-2-11-8-6(5)7(10)12-3-13-8/h2-3H,1H2,(H,14,15)(H,11,12,13). The van der Waals surface area contributed by atoms with E-state index in [1.807, 2.05) is 0 Å². The number of hydrogen-bond donors (Lipinski definition) is 2. The largest absolute Gasteiger partial charge is 0.478 e. The number of carbonyl (C=O) groups is 1. The number of nitrogens with zero attached hydrogens (tertiary/aromatic N) is 2. The first-order valence-corrected chi connectivity index (χ1v) is 4.39. The molecule has 15 heavy (non-hydrogen) atoms. The zero-order valence-electron chi connectivity index (χ0n) is 7.49. The molecule has 0 radical (unpaired) electrons. The van der Waals surface area contributed by atoms with Crippen LogP contribution < -0.4 is 0 Å². The Kier molecular flexibility index (Phi) is 2.17. The van der Waals surface area contributed by atoms with E-state index in [1.165, 1.54) is 12.5 Å². The van der Waals surface area contributed by atoms with Crippen LogP contribution in [0.4, 0.5) is 0 Å². The Morgan fingerprint density at radius 2 is 2.27 bits per heavy atom. The van der Waals surface area contributed by atoms with Crippen LogP contribution in [0, 0.1) is 0 Å². The van der Waals surface area contributed by atoms with Crippen LogP contribution in [0.25, 0.3) is 16.6 Å². The van der Waals surface area contributed by atoms with Gasteiger partial charge in [-0.3, -0.25) is 0 Å². The van der Waals surface area contributed by atoms with Crippen LogP contribution in [0.2, 0.25) is 5.15 Å². The molecule has 2 aromatic heterocycles. The highest BCUT2D eigenvalue weighted by Crippen LogP contribution is 2.27. The number of H-pyrrole nitrogens is 1. The second kappa shape index (κ2) is 3.36. The van der Waals surface area contributed by atoms with Crippen molar-refractivity contribution in [3.8, 4) is 0 Å². The Hall–Kier alpha value is -1.88. The number of aromatic amines is 1. The number of aromatic nitrogens is 3. The van der Waals surface area contributed by atoms with Gasteiger partial charge in [0.25, 0.3) is 0 Å². The van der Waals surface area contributed by atoms with Gasteiger partial charge in [-0.2, -0.15) is 0 Å². The van der Waals surface area contributed by atoms with Gasteiger partial charge < -0.3 is 10.1 Å². The molecule has 0 atom stereocenters. The fraction of sp³-hybridized carbons (Fsp3) is 0. The number of carboxylic acids is 1. The summed E-state index contributed by atoms with van der Waals surface area (Å²) < 4.78 is 0. The predicted octanol–water partition coefficient (Wildman–Crippen LogP) is 1.71. The van der Waals surface area contributed by atoms with Crippen molar-refractivity contribution in [2.45, 2.75) is 0 Å². The summed E-state index contributed by atoms with van der Waals surface area (Å²) in [6.45, 7) is 3.45. The quantitative estimate of drug-likeness (QED) is 0.600. The van der Waals surface area contributed by atoms with E-state index in [0.717, 1.165) is 0 Å². The van der Waals surface area contributed by atoms with Gasteiger partial charge in [0.05, 0.1) is 11.0 Å². The molecule has 6 heteroatoms. The summed E-state index contributed by atoms with van der Waals surface area (Å²) in [6.07, 6.45) is 2.80. The lowest BCUT2D eigenvalue weighted by molar-refractivity contribution is -0.130. The summed E-state index contributed by atoms with van der Waals surface area (Å²) in [5.74, 6) is -1.10. The summed E-state index contributed by atoms with van der Waals surface area (Å²) in [5.41, 5.74) is 0.855. The van der Waals surface area contributed by atoms with Gasteiger partial charge in [-0.05, 0) is 0 Å². The van der Waals surface area contributed by atoms with Gasteiger partial charge in [-0.1, -0.05) is 18.2 Å². The van der Waals surface area contributed by atoms with E-state index in [4.69, 9.17) is 16.7 Å². The molecule has 0 aliphatic carbocycles. The van der Waals surface area contributed by atoms with Crippen molar-refractivity contribution in [3.63, 3.8) is 0 Å². The molecule has 0 saturated carbocycles. The van der Waals surface area contributed by atoms with Crippen molar-refractivity contribution in [1.82, 2.24) is 15.0 Å². The molecule has 0 amide bonds. The maximum atomic E-state index is 10.8. The van der Waals surface area contributed by atoms with Crippen molar-refractivity contribution < 1.29 is 9.90 Å². The highest BCUT2D eigenvalue weighted by atomic mass is 35.5. The molecule has 0 fully saturated rings. The maximum absolute atomic E-state index is 10.8. The summed E-state index contributed by atoms with van der Waals surface area (Å²) in [7, 11) is 0. The van der Waals surface area contributed by atoms with E-state index in [9.17, 15) is 4.79 Å². The smallest absolute Gasteiger partial charge is 0.335 e. The molecule has 0 spiro atoms. The lowest BCUT2D eigenvalue weighted by Crippen LogP contribution is -1.97. The molecule has 2 N–H and O–H groups in total. The first-order chi connectivity index (χ1) is 7.11. The lowest BCUT2D eigenvalue weighted by atomic mass is 10.1. The summed E-state index contributed by atoms with van der Waals surface area (Å²) >= 11 is 5.85. The van der Waals surface area contributed by atoms with Gasteiger partial charge in [0.2, 0.25) is 0 Å². The van der Waals surface area contributed by atoms with Crippen LogP contribution in [-0.4, -0.2) is 26.0 Å². The summed E-state index contributed by atoms with van der Waals surface area (Å²) in [6, 6.07) is 0. The van der Waals surface area contributed by atoms with Crippen LogP contribution in [-0.2, 0) is 4.79 Å². The van der Waals surface area contributed by atoms with E-state index in [0.29, 0.717) is 16.6 Å². The number of hydrogen-bond acceptors (Lipinski definition) is 3. The fourth-order valence-corrected chi connectivity index (χ4v) is 1.51. The monoisotopic (exact) mass is 223 g/mol. The van der Waals surface area contributed by atoms with Gasteiger partial charge in [0, 0.05) is 11.8 Å². The first-order valence-electron chi connectivity index (χ1n) is 4.01. The fourth-order valence-electron chi connectivity index (χ4n) is 1.28. The number of rotatable bonds is 2. The number of carboxylic acid groups (broad SMARTS) is 1. The lowest BCUT2D eigenvalue weighted by Gasteiger charge is -1.98. The molecule has 0 bridgehead atoms. The minimum atomic E-state index is -1.10. The molecule has 76 valence electrons. The zero-order chi connectivity index (χ0) is 11.0. The predicted molar refractivity (Wildman–Crippen MR) is 55.6 cm³/mol. The van der Waals surface area contributed by atoms with Crippen molar-refractivity contribution in [1.29, 1.82) is 0 Å². The third-order valence-electron chi connectivity index (χ3n) is 2.01. The SMILES string of the molecule is C=C(C(=O)O)c1c[nH]c2ncnc(Cl)c12. The molecule has 0 aliphatic heterocycles. The van der Waals surface area contributed by atoms with Crippen LogP contribution >= 0.6 is 11.6 Å². The molecular formula is C9H6ClN3O2. The van der Waals surface area contributed by atoms with Gasteiger partial charge in [0.15, 0.2) is 0 Å². The maximum Gasteiger partial charge on any atom is 0.335 e. The number of nitrogens with one attached hydrogen (secondary N) is 1. The Morgan fingerprint density at radius 3 is 2.93 bits per heavy atom. The van der Waals surface area contributed by atoms with Gasteiger partial charge >= 0.3 is 5.97 Å². The second-order valence-corrected chi connectivity index (χ2v) is 3.23. The molecule has 2 rings (SSSR count). The Labute approximate surface area is 89.4 Å². The van der Waals surface area contributed by atoms with Crippen molar-refractivity contribution in [2.24, 2.45) is 0 Å². The Balaban J connectivity index is 2.73. The van der Waals surface area contributed by atoms with Crippen molar-refractivity contribution in [2.75, 3.05) is 0 Å². The molecule has 0 aromatic carbocycles. The van der Waals surface area contributed by atoms with Gasteiger partial charge in [-0.25, -0.2) is 14.8 Å². The third-order valence-corrected chi connectivity index (χ3v) is 2.29. The highest BCUT2D eigenvalue weighted by Gasteiger charge is 2.15. The molecule has 2 aromatic rings. The first kappa shape index (κ1) is 9.67. The topological polar surface area (TPSA) is 78.9 Å². The summed E-state index contributed by atoms with van der Waals surface area (Å²) in [5, 5.41) is 9.49. The van der Waals surface area contributed by atoms with E-state index < -0.39 is 5.97 Å². The minimum absolute atomic E-state index is 0.0436. The van der Waals surface area contributed by atoms with Crippen LogP contribution in [0.1, 0.15) is 5.56 Å². The molecule has 5 nitrogen and oxygen atoms in total. The van der Waals surface area contributed by atoms with Gasteiger partial charge in [0.1, 0.15) is 17.1 Å². The second-order valence-electron chi connectivity index (χ2n) is 2.87. The molecule has 2 heterocycles. The minimum Gasteiger partial charge on any atom is -0.478 e. The van der Waals surface area contributed by atoms with E-state index in [-0.39, 0.29) is 10.7 Å². The van der Waals surface area contributed by atoms with Crippen LogP contribution in [0.5, 0.6) is 0 Å². The molecule has 0 aliphatic rings. The number of halogens is 1. The molecule has 0 saturated heterocycles. The van der Waals surface area contributed by atoms with Gasteiger partial charge in [-0.15, -0.1) is 0 Å². The molecule has 0 unspecified atom stereocenters. The average Bonchev–Trinajstić information content (AvgIpc) is 2.61. The third kappa shape index (κ3) is 1.46. The summed E-state index contributed by atoms with van der Waals surface area (Å²) in [4.78, 5) is 21.3. The van der Waals surface area contributed by atoms with E-state index in [2.05, 4.69) is 21.5 Å². The van der Waals surface area contributed by atoms with Crippen LogP contribution in [0.3, 0.4) is 0 Å². The van der Waals surface area contributed by atoms with E-state index in [1.54, 1.807) is 0 Å². The zero-order valence-corrected chi connectivity index (χ0v) is 8.25. The van der Waals surface area contributed by atoms with Crippen molar-refractivity contribution in [3.05, 3.63) is 29.8 Å². The number of aliphatic carboxylic acids is 1. The Morgan fingerprint density at radius 1 is 1.53 bits per heavy atom. The molecular weight excluding hydrogens is 218 g/mol. The van der Waals surface area contributed by atoms with Crippen molar-refractivity contribution >= 4 is 34.2 Å². The Bertz CT molecular complexity index is 561. The normalized spacial score (nSPS) is 10.5. The van der Waals surface area contributed by atoms with E-state index >= 15 is 0 Å². The number of fused-ring (bicyclic) bond motifs is 1. The van der Waals surface area contributed by atoms with Crippen LogP contribution in [0.15, 0.2) is 19.1 Å². The highest BCUT2D eigenvalue weighted by molar-refractivity contribution is 6.35.